The average Bonchev–Trinajstić information content (AvgIpc) is 2.45. The summed E-state index contributed by atoms with van der Waals surface area (Å²) in [7, 11) is 1.90. The van der Waals surface area contributed by atoms with Crippen LogP contribution in [0.15, 0.2) is 18.2 Å². The number of halogens is 1. The van der Waals surface area contributed by atoms with Gasteiger partial charge in [-0.1, -0.05) is 6.07 Å². The normalized spacial score (nSPS) is 13.4. The highest BCUT2D eigenvalue weighted by molar-refractivity contribution is 5.82. The van der Waals surface area contributed by atoms with Gasteiger partial charge in [0.1, 0.15) is 5.82 Å². The molecule has 0 saturated carbocycles. The Morgan fingerprint density at radius 2 is 2.07 bits per heavy atom. The van der Waals surface area contributed by atoms with Crippen molar-refractivity contribution in [3.63, 3.8) is 0 Å². The summed E-state index contributed by atoms with van der Waals surface area (Å²) in [6.07, 6.45) is -0.769. The van der Waals surface area contributed by atoms with Gasteiger partial charge >= 0.3 is 0 Å². The van der Waals surface area contributed by atoms with E-state index in [0.29, 0.717) is 10.9 Å². The molecule has 2 nitrogen and oxygen atoms in total. The van der Waals surface area contributed by atoms with E-state index < -0.39 is 6.10 Å². The minimum absolute atomic E-state index is 0.314. The van der Waals surface area contributed by atoms with E-state index in [1.54, 1.807) is 19.1 Å². The van der Waals surface area contributed by atoms with Gasteiger partial charge in [-0.3, -0.25) is 0 Å². The lowest BCUT2D eigenvalue weighted by atomic mass is 10.1. The molecule has 1 aromatic heterocycles. The first-order valence-corrected chi connectivity index (χ1v) is 4.95. The number of aliphatic hydroxyl groups excluding tert-OH is 1. The highest BCUT2D eigenvalue weighted by Gasteiger charge is 2.13. The van der Waals surface area contributed by atoms with Crippen LogP contribution in [0.25, 0.3) is 10.9 Å². The number of fused-ring (bicyclic) bond motifs is 1. The molecule has 2 aromatic rings. The Labute approximate surface area is 88.0 Å². The number of hydrogen-bond acceptors (Lipinski definition) is 1. The maximum absolute atomic E-state index is 13.9. The quantitative estimate of drug-likeness (QED) is 0.764. The van der Waals surface area contributed by atoms with Crippen molar-refractivity contribution in [1.82, 2.24) is 4.57 Å². The standard InChI is InChI=1S/C12H14FNO/c1-7-6-10-11(14(7)3)5-4-9(8(2)15)12(10)13/h4-6,8,15H,1-3H3. The molecule has 80 valence electrons. The zero-order chi connectivity index (χ0) is 11.2. The van der Waals surface area contributed by atoms with E-state index in [0.717, 1.165) is 11.2 Å². The fraction of sp³-hybridized carbons (Fsp3) is 0.333. The second kappa shape index (κ2) is 3.35. The average molecular weight is 207 g/mol. The Balaban J connectivity index is 2.80. The summed E-state index contributed by atoms with van der Waals surface area (Å²) in [5.74, 6) is -0.314. The van der Waals surface area contributed by atoms with Gasteiger partial charge in [0, 0.05) is 23.7 Å². The number of aryl methyl sites for hydroxylation is 2. The highest BCUT2D eigenvalue weighted by Crippen LogP contribution is 2.27. The van der Waals surface area contributed by atoms with Gasteiger partial charge in [-0.05, 0) is 26.0 Å². The Kier molecular flexibility index (Phi) is 2.27. The molecule has 1 atom stereocenters. The number of rotatable bonds is 1. The van der Waals surface area contributed by atoms with E-state index in [9.17, 15) is 9.50 Å². The number of aliphatic hydroxyl groups is 1. The van der Waals surface area contributed by atoms with Gasteiger partial charge in [-0.2, -0.15) is 0 Å². The van der Waals surface area contributed by atoms with Crippen LogP contribution >= 0.6 is 0 Å². The molecule has 0 aliphatic heterocycles. The van der Waals surface area contributed by atoms with E-state index in [4.69, 9.17) is 0 Å². The third kappa shape index (κ3) is 1.43. The molecule has 0 radical (unpaired) electrons. The molecule has 1 aromatic carbocycles. The molecule has 0 amide bonds. The van der Waals surface area contributed by atoms with Crippen LogP contribution in [-0.2, 0) is 7.05 Å². The van der Waals surface area contributed by atoms with Crippen molar-refractivity contribution >= 4 is 10.9 Å². The van der Waals surface area contributed by atoms with Gasteiger partial charge in [0.15, 0.2) is 0 Å². The molecule has 1 heterocycles. The van der Waals surface area contributed by atoms with Crippen LogP contribution in [0.4, 0.5) is 4.39 Å². The molecule has 3 heteroatoms. The van der Waals surface area contributed by atoms with Crippen LogP contribution in [0.5, 0.6) is 0 Å². The topological polar surface area (TPSA) is 25.2 Å². The van der Waals surface area contributed by atoms with Crippen molar-refractivity contribution in [1.29, 1.82) is 0 Å². The minimum Gasteiger partial charge on any atom is -0.389 e. The Morgan fingerprint density at radius 3 is 2.67 bits per heavy atom. The minimum atomic E-state index is -0.769. The van der Waals surface area contributed by atoms with Crippen LogP contribution in [-0.4, -0.2) is 9.67 Å². The predicted octanol–water partition coefficient (Wildman–Crippen LogP) is 2.68. The fourth-order valence-electron chi connectivity index (χ4n) is 1.85. The highest BCUT2D eigenvalue weighted by atomic mass is 19.1. The molecule has 0 fully saturated rings. The van der Waals surface area contributed by atoms with Gasteiger partial charge in [0.05, 0.1) is 11.6 Å². The summed E-state index contributed by atoms with van der Waals surface area (Å²) in [5.41, 5.74) is 2.22. The maximum atomic E-state index is 13.9. The van der Waals surface area contributed by atoms with Crippen molar-refractivity contribution in [3.05, 3.63) is 35.3 Å². The third-order valence-electron chi connectivity index (χ3n) is 2.88. The van der Waals surface area contributed by atoms with Crippen molar-refractivity contribution in [2.24, 2.45) is 7.05 Å². The van der Waals surface area contributed by atoms with Gasteiger partial charge < -0.3 is 9.67 Å². The molecular weight excluding hydrogens is 193 g/mol. The summed E-state index contributed by atoms with van der Waals surface area (Å²) in [6, 6.07) is 5.28. The van der Waals surface area contributed by atoms with Gasteiger partial charge in [0.2, 0.25) is 0 Å². The van der Waals surface area contributed by atoms with Crippen LogP contribution < -0.4 is 0 Å². The summed E-state index contributed by atoms with van der Waals surface area (Å²) >= 11 is 0. The Bertz CT molecular complexity index is 514. The smallest absolute Gasteiger partial charge is 0.138 e. The molecule has 2 rings (SSSR count). The maximum Gasteiger partial charge on any atom is 0.138 e. The predicted molar refractivity (Wildman–Crippen MR) is 58.2 cm³/mol. The lowest BCUT2D eigenvalue weighted by molar-refractivity contribution is 0.194. The number of benzene rings is 1. The van der Waals surface area contributed by atoms with Crippen molar-refractivity contribution in [2.45, 2.75) is 20.0 Å². The van der Waals surface area contributed by atoms with E-state index in [-0.39, 0.29) is 5.82 Å². The fourth-order valence-corrected chi connectivity index (χ4v) is 1.85. The van der Waals surface area contributed by atoms with Crippen molar-refractivity contribution in [2.75, 3.05) is 0 Å². The van der Waals surface area contributed by atoms with Crippen LogP contribution in [0, 0.1) is 12.7 Å². The van der Waals surface area contributed by atoms with E-state index in [1.165, 1.54) is 0 Å². The van der Waals surface area contributed by atoms with Crippen LogP contribution in [0.2, 0.25) is 0 Å². The molecule has 1 N–H and O–H groups in total. The van der Waals surface area contributed by atoms with E-state index >= 15 is 0 Å². The Hall–Kier alpha value is -1.35. The number of aromatic nitrogens is 1. The van der Waals surface area contributed by atoms with Crippen molar-refractivity contribution < 1.29 is 9.50 Å². The summed E-state index contributed by atoms with van der Waals surface area (Å²) in [4.78, 5) is 0. The lowest BCUT2D eigenvalue weighted by Crippen LogP contribution is -1.96. The SMILES string of the molecule is Cc1cc2c(F)c(C(C)O)ccc2n1C. The van der Waals surface area contributed by atoms with Crippen LogP contribution in [0.3, 0.4) is 0 Å². The molecule has 0 aliphatic carbocycles. The third-order valence-corrected chi connectivity index (χ3v) is 2.88. The molecule has 0 bridgehead atoms. The zero-order valence-corrected chi connectivity index (χ0v) is 9.08. The zero-order valence-electron chi connectivity index (χ0n) is 9.08. The molecule has 0 spiro atoms. The van der Waals surface area contributed by atoms with Gasteiger partial charge in [0.25, 0.3) is 0 Å². The first-order valence-electron chi connectivity index (χ1n) is 4.95. The number of nitrogens with zero attached hydrogens (tertiary/aromatic N) is 1. The summed E-state index contributed by atoms with van der Waals surface area (Å²) < 4.78 is 15.9. The van der Waals surface area contributed by atoms with Crippen LogP contribution in [0.1, 0.15) is 24.3 Å². The second-order valence-electron chi connectivity index (χ2n) is 3.92. The molecule has 0 aliphatic rings. The van der Waals surface area contributed by atoms with Crippen molar-refractivity contribution in [3.8, 4) is 0 Å². The Morgan fingerprint density at radius 1 is 1.40 bits per heavy atom. The molecule has 15 heavy (non-hydrogen) atoms. The number of hydrogen-bond donors (Lipinski definition) is 1. The largest absolute Gasteiger partial charge is 0.389 e. The summed E-state index contributed by atoms with van der Waals surface area (Å²) in [5, 5.41) is 9.97. The lowest BCUT2D eigenvalue weighted by Gasteiger charge is -2.07. The molecule has 1 unspecified atom stereocenters. The van der Waals surface area contributed by atoms with Gasteiger partial charge in [-0.25, -0.2) is 4.39 Å². The molecular formula is C12H14FNO. The van der Waals surface area contributed by atoms with E-state index in [1.807, 2.05) is 24.6 Å². The first kappa shape index (κ1) is 10.2. The first-order chi connectivity index (χ1) is 7.02. The second-order valence-corrected chi connectivity index (χ2v) is 3.92. The van der Waals surface area contributed by atoms with E-state index in [2.05, 4.69) is 0 Å². The molecule has 0 saturated heterocycles. The summed E-state index contributed by atoms with van der Waals surface area (Å²) in [6.45, 7) is 3.50. The monoisotopic (exact) mass is 207 g/mol. The van der Waals surface area contributed by atoms with Gasteiger partial charge in [-0.15, -0.1) is 0 Å².